The Labute approximate surface area is 141 Å². The molecule has 6 heteroatoms. The van der Waals surface area contributed by atoms with Gasteiger partial charge in [0.2, 0.25) is 5.89 Å². The summed E-state index contributed by atoms with van der Waals surface area (Å²) in [6.07, 6.45) is 0. The van der Waals surface area contributed by atoms with E-state index in [4.69, 9.17) is 16.0 Å². The Balaban J connectivity index is 1.58. The number of thiophene rings is 1. The van der Waals surface area contributed by atoms with Gasteiger partial charge in [0, 0.05) is 15.8 Å². The van der Waals surface area contributed by atoms with Crippen LogP contribution in [0.4, 0.5) is 5.69 Å². The number of anilines is 1. The van der Waals surface area contributed by atoms with Crippen LogP contribution in [0.3, 0.4) is 0 Å². The fourth-order valence-electron chi connectivity index (χ4n) is 2.30. The molecule has 0 amide bonds. The van der Waals surface area contributed by atoms with Crippen molar-refractivity contribution in [3.63, 3.8) is 0 Å². The second-order valence-corrected chi connectivity index (χ2v) is 6.39. The number of halogens is 1. The number of benzene rings is 2. The molecule has 4 rings (SSSR count). The average Bonchev–Trinajstić information content (AvgIpc) is 3.19. The van der Waals surface area contributed by atoms with E-state index in [2.05, 4.69) is 15.5 Å². The molecule has 0 radical (unpaired) electrons. The highest BCUT2D eigenvalue weighted by molar-refractivity contribution is 7.23. The molecule has 4 aromatic rings. The maximum Gasteiger partial charge on any atom is 0.259 e. The van der Waals surface area contributed by atoms with Crippen LogP contribution in [-0.4, -0.2) is 10.2 Å². The summed E-state index contributed by atoms with van der Waals surface area (Å²) in [6.45, 7) is 0.472. The molecule has 2 aromatic heterocycles. The molecular formula is C17H12ClN3OS. The van der Waals surface area contributed by atoms with Crippen LogP contribution in [0, 0.1) is 0 Å². The smallest absolute Gasteiger partial charge is 0.259 e. The number of nitrogens with zero attached hydrogens (tertiary/aromatic N) is 2. The van der Waals surface area contributed by atoms with E-state index in [-0.39, 0.29) is 0 Å². The van der Waals surface area contributed by atoms with Crippen molar-refractivity contribution >= 4 is 38.7 Å². The molecule has 0 bridgehead atoms. The molecule has 0 saturated carbocycles. The monoisotopic (exact) mass is 341 g/mol. The molecule has 4 nitrogen and oxygen atoms in total. The van der Waals surface area contributed by atoms with Crippen LogP contribution < -0.4 is 5.32 Å². The summed E-state index contributed by atoms with van der Waals surface area (Å²) >= 11 is 8.00. The largest absolute Gasteiger partial charge is 0.418 e. The normalized spacial score (nSPS) is 11.0. The second-order valence-electron chi connectivity index (χ2n) is 4.96. The van der Waals surface area contributed by atoms with Gasteiger partial charge in [0.1, 0.15) is 4.88 Å². The van der Waals surface area contributed by atoms with Gasteiger partial charge in [0.15, 0.2) is 0 Å². The lowest BCUT2D eigenvalue weighted by molar-refractivity contribution is 0.516. The fourth-order valence-corrected chi connectivity index (χ4v) is 3.74. The second kappa shape index (κ2) is 6.02. The standard InChI is InChI=1S/C17H12ClN3OS/c18-15-12-8-4-5-9-13(12)23-16(15)17-21-20-14(22-17)10-19-11-6-2-1-3-7-11/h1-9,19H,10H2. The van der Waals surface area contributed by atoms with E-state index in [1.165, 1.54) is 0 Å². The summed E-state index contributed by atoms with van der Waals surface area (Å²) in [7, 11) is 0. The molecule has 0 saturated heterocycles. The Bertz CT molecular complexity index is 949. The van der Waals surface area contributed by atoms with Gasteiger partial charge in [-0.3, -0.25) is 0 Å². The Morgan fingerprint density at radius 1 is 1.00 bits per heavy atom. The summed E-state index contributed by atoms with van der Waals surface area (Å²) in [5, 5.41) is 13.1. The third-order valence-corrected chi connectivity index (χ3v) is 5.08. The molecule has 0 aliphatic rings. The highest BCUT2D eigenvalue weighted by Crippen LogP contribution is 2.41. The molecule has 23 heavy (non-hydrogen) atoms. The maximum absolute atomic E-state index is 6.44. The minimum absolute atomic E-state index is 0.459. The number of rotatable bonds is 4. The number of hydrogen-bond donors (Lipinski definition) is 1. The predicted octanol–water partition coefficient (Wildman–Crippen LogP) is 5.22. The third kappa shape index (κ3) is 2.81. The zero-order valence-electron chi connectivity index (χ0n) is 12.0. The molecule has 0 spiro atoms. The van der Waals surface area contributed by atoms with Crippen molar-refractivity contribution in [2.24, 2.45) is 0 Å². The highest BCUT2D eigenvalue weighted by atomic mass is 35.5. The van der Waals surface area contributed by atoms with Crippen LogP contribution >= 0.6 is 22.9 Å². The van der Waals surface area contributed by atoms with Gasteiger partial charge in [0.25, 0.3) is 5.89 Å². The Morgan fingerprint density at radius 3 is 2.61 bits per heavy atom. The lowest BCUT2D eigenvalue weighted by Crippen LogP contribution is -1.99. The topological polar surface area (TPSA) is 51.0 Å². The molecule has 0 atom stereocenters. The molecule has 2 aromatic carbocycles. The van der Waals surface area contributed by atoms with Gasteiger partial charge < -0.3 is 9.73 Å². The number of fused-ring (bicyclic) bond motifs is 1. The maximum atomic E-state index is 6.44. The summed E-state index contributed by atoms with van der Waals surface area (Å²) in [4.78, 5) is 0.811. The van der Waals surface area contributed by atoms with Gasteiger partial charge in [-0.25, -0.2) is 0 Å². The molecule has 0 fully saturated rings. The van der Waals surface area contributed by atoms with Crippen LogP contribution in [-0.2, 0) is 6.54 Å². The van der Waals surface area contributed by atoms with Gasteiger partial charge >= 0.3 is 0 Å². The van der Waals surface area contributed by atoms with Crippen molar-refractivity contribution in [1.82, 2.24) is 10.2 Å². The van der Waals surface area contributed by atoms with E-state index in [0.717, 1.165) is 20.7 Å². The van der Waals surface area contributed by atoms with Gasteiger partial charge in [-0.05, 0) is 18.2 Å². The molecule has 0 unspecified atom stereocenters. The van der Waals surface area contributed by atoms with Gasteiger partial charge in [0.05, 0.1) is 11.6 Å². The van der Waals surface area contributed by atoms with Crippen molar-refractivity contribution in [3.8, 4) is 10.8 Å². The molecule has 0 aliphatic heterocycles. The van der Waals surface area contributed by atoms with Crippen LogP contribution in [0.25, 0.3) is 20.9 Å². The van der Waals surface area contributed by atoms with Crippen molar-refractivity contribution in [1.29, 1.82) is 0 Å². The Morgan fingerprint density at radius 2 is 1.78 bits per heavy atom. The first-order chi connectivity index (χ1) is 11.3. The molecule has 1 N–H and O–H groups in total. The lowest BCUT2D eigenvalue weighted by Gasteiger charge is -2.01. The molecular weight excluding hydrogens is 330 g/mol. The van der Waals surface area contributed by atoms with E-state index in [1.54, 1.807) is 11.3 Å². The Kier molecular flexibility index (Phi) is 3.73. The van der Waals surface area contributed by atoms with Gasteiger partial charge in [-0.1, -0.05) is 48.0 Å². The van der Waals surface area contributed by atoms with E-state index in [0.29, 0.717) is 23.3 Å². The van der Waals surface area contributed by atoms with Crippen molar-refractivity contribution in [2.75, 3.05) is 5.32 Å². The van der Waals surface area contributed by atoms with E-state index in [9.17, 15) is 0 Å². The molecule has 0 aliphatic carbocycles. The minimum atomic E-state index is 0.459. The summed E-state index contributed by atoms with van der Waals surface area (Å²) < 4.78 is 6.85. The van der Waals surface area contributed by atoms with Crippen molar-refractivity contribution in [2.45, 2.75) is 6.54 Å². The number of hydrogen-bond acceptors (Lipinski definition) is 5. The quantitative estimate of drug-likeness (QED) is 0.553. The summed E-state index contributed by atoms with van der Waals surface area (Å²) in [5.74, 6) is 0.985. The van der Waals surface area contributed by atoms with Crippen LogP contribution in [0.2, 0.25) is 5.02 Å². The molecule has 114 valence electrons. The predicted molar refractivity (Wildman–Crippen MR) is 93.9 cm³/mol. The average molecular weight is 342 g/mol. The van der Waals surface area contributed by atoms with E-state index in [1.807, 2.05) is 54.6 Å². The summed E-state index contributed by atoms with van der Waals surface area (Å²) in [5.41, 5.74) is 1.01. The highest BCUT2D eigenvalue weighted by Gasteiger charge is 2.17. The van der Waals surface area contributed by atoms with E-state index < -0.39 is 0 Å². The first kappa shape index (κ1) is 14.2. The first-order valence-electron chi connectivity index (χ1n) is 7.10. The van der Waals surface area contributed by atoms with Gasteiger partial charge in [-0.15, -0.1) is 21.5 Å². The van der Waals surface area contributed by atoms with E-state index >= 15 is 0 Å². The number of nitrogens with one attached hydrogen (secondary N) is 1. The van der Waals surface area contributed by atoms with Crippen molar-refractivity contribution in [3.05, 3.63) is 65.5 Å². The summed E-state index contributed by atoms with van der Waals surface area (Å²) in [6, 6.07) is 17.9. The van der Waals surface area contributed by atoms with Gasteiger partial charge in [-0.2, -0.15) is 0 Å². The molecule has 2 heterocycles. The number of aromatic nitrogens is 2. The van der Waals surface area contributed by atoms with Crippen molar-refractivity contribution < 1.29 is 4.42 Å². The minimum Gasteiger partial charge on any atom is -0.418 e. The Hall–Kier alpha value is -2.37. The van der Waals surface area contributed by atoms with Crippen LogP contribution in [0.1, 0.15) is 5.89 Å². The number of para-hydroxylation sites is 1. The fraction of sp³-hybridized carbons (Fsp3) is 0.0588. The lowest BCUT2D eigenvalue weighted by atomic mass is 10.2. The van der Waals surface area contributed by atoms with Crippen LogP contribution in [0.15, 0.2) is 59.0 Å². The first-order valence-corrected chi connectivity index (χ1v) is 8.29. The zero-order valence-corrected chi connectivity index (χ0v) is 13.6. The third-order valence-electron chi connectivity index (χ3n) is 3.41. The van der Waals surface area contributed by atoms with Crippen LogP contribution in [0.5, 0.6) is 0 Å². The zero-order chi connectivity index (χ0) is 15.6. The SMILES string of the molecule is Clc1c(-c2nnc(CNc3ccccc3)o2)sc2ccccc12.